The van der Waals surface area contributed by atoms with Crippen molar-refractivity contribution < 1.29 is 19.1 Å². The first-order valence-electron chi connectivity index (χ1n) is 10.9. The normalized spacial score (nSPS) is 47.2. The molecule has 0 radical (unpaired) electrons. The third kappa shape index (κ3) is 3.03. The number of ether oxygens (including phenoxy) is 2. The molecular formula is C23H34O4S. The van der Waals surface area contributed by atoms with Gasteiger partial charge in [0.05, 0.1) is 0 Å². The van der Waals surface area contributed by atoms with Gasteiger partial charge in [0.1, 0.15) is 12.2 Å². The molecule has 4 nitrogen and oxygen atoms in total. The van der Waals surface area contributed by atoms with E-state index in [0.717, 1.165) is 38.5 Å². The molecule has 3 saturated carbocycles. The molecule has 156 valence electrons. The molecule has 0 unspecified atom stereocenters. The number of fused-ring (bicyclic) bond motifs is 5. The Morgan fingerprint density at radius 2 is 1.79 bits per heavy atom. The van der Waals surface area contributed by atoms with Crippen LogP contribution in [-0.4, -0.2) is 29.4 Å². The highest BCUT2D eigenvalue weighted by Crippen LogP contribution is 2.65. The Morgan fingerprint density at radius 3 is 2.46 bits per heavy atom. The van der Waals surface area contributed by atoms with Crippen molar-refractivity contribution in [3.63, 3.8) is 0 Å². The van der Waals surface area contributed by atoms with E-state index >= 15 is 0 Å². The van der Waals surface area contributed by atoms with Gasteiger partial charge in [-0.15, -0.1) is 0 Å². The van der Waals surface area contributed by atoms with Crippen LogP contribution in [0.5, 0.6) is 0 Å². The summed E-state index contributed by atoms with van der Waals surface area (Å²) >= 11 is 5.05. The van der Waals surface area contributed by atoms with Crippen LogP contribution in [0, 0.1) is 28.6 Å². The first-order chi connectivity index (χ1) is 13.2. The predicted octanol–water partition coefficient (Wildman–Crippen LogP) is 4.72. The van der Waals surface area contributed by atoms with Gasteiger partial charge in [-0.1, -0.05) is 25.5 Å². The molecular weight excluding hydrogens is 372 g/mol. The second kappa shape index (κ2) is 7.07. The molecule has 0 bridgehead atoms. The van der Waals surface area contributed by atoms with E-state index in [-0.39, 0.29) is 40.2 Å². The maximum Gasteiger partial charge on any atom is 0.302 e. The Morgan fingerprint density at radius 1 is 1.07 bits per heavy atom. The van der Waals surface area contributed by atoms with E-state index in [2.05, 4.69) is 19.9 Å². The molecule has 0 aromatic rings. The van der Waals surface area contributed by atoms with E-state index in [4.69, 9.17) is 22.1 Å². The lowest BCUT2D eigenvalue weighted by atomic mass is 9.47. The average molecular weight is 407 g/mol. The van der Waals surface area contributed by atoms with Crippen LogP contribution in [0.3, 0.4) is 0 Å². The molecule has 0 aromatic carbocycles. The topological polar surface area (TPSA) is 52.6 Å². The van der Waals surface area contributed by atoms with Gasteiger partial charge in [0.2, 0.25) is 0 Å². The summed E-state index contributed by atoms with van der Waals surface area (Å²) in [6.07, 6.45) is 9.68. The third-order valence-corrected chi connectivity index (χ3v) is 9.46. The molecule has 8 atom stereocenters. The van der Waals surface area contributed by atoms with Crippen LogP contribution in [-0.2, 0) is 19.1 Å². The van der Waals surface area contributed by atoms with E-state index in [1.807, 2.05) is 0 Å². The fourth-order valence-electron chi connectivity index (χ4n) is 7.35. The van der Waals surface area contributed by atoms with Gasteiger partial charge in [-0.25, -0.2) is 0 Å². The van der Waals surface area contributed by atoms with Gasteiger partial charge in [-0.05, 0) is 56.3 Å². The second-order valence-electron chi connectivity index (χ2n) is 10.0. The van der Waals surface area contributed by atoms with Crippen molar-refractivity contribution in [1.29, 1.82) is 0 Å². The zero-order valence-electron chi connectivity index (χ0n) is 17.6. The van der Waals surface area contributed by atoms with Gasteiger partial charge < -0.3 is 9.47 Å². The number of carbonyl (C=O) groups excluding carboxylic acids is 2. The second-order valence-corrected chi connectivity index (χ2v) is 10.7. The molecule has 0 amide bonds. The maximum absolute atomic E-state index is 11.6. The van der Waals surface area contributed by atoms with Crippen molar-refractivity contribution in [1.82, 2.24) is 0 Å². The average Bonchev–Trinajstić information content (AvgIpc) is 2.92. The minimum absolute atomic E-state index is 0.0374. The molecule has 5 heteroatoms. The molecule has 4 aliphatic rings. The summed E-state index contributed by atoms with van der Waals surface area (Å²) < 4.78 is 11.3. The Labute approximate surface area is 174 Å². The van der Waals surface area contributed by atoms with E-state index in [9.17, 15) is 9.59 Å². The van der Waals surface area contributed by atoms with Crippen LogP contribution in [0.15, 0.2) is 11.6 Å². The van der Waals surface area contributed by atoms with Gasteiger partial charge in [0.15, 0.2) is 0 Å². The zero-order chi connectivity index (χ0) is 20.3. The molecule has 0 heterocycles. The minimum atomic E-state index is -0.195. The monoisotopic (exact) mass is 406 g/mol. The van der Waals surface area contributed by atoms with Crippen LogP contribution >= 0.6 is 12.6 Å². The number of allylic oxidation sites excluding steroid dienone is 1. The smallest absolute Gasteiger partial charge is 0.302 e. The lowest BCUT2D eigenvalue weighted by Gasteiger charge is -2.59. The summed E-state index contributed by atoms with van der Waals surface area (Å²) in [6.45, 7) is 7.78. The van der Waals surface area contributed by atoms with Crippen molar-refractivity contribution in [2.24, 2.45) is 28.6 Å². The molecule has 4 rings (SSSR count). The van der Waals surface area contributed by atoms with Crippen molar-refractivity contribution in [3.8, 4) is 0 Å². The lowest BCUT2D eigenvalue weighted by Crippen LogP contribution is -2.55. The number of esters is 2. The quantitative estimate of drug-likeness (QED) is 0.409. The number of hydrogen-bond donors (Lipinski definition) is 1. The predicted molar refractivity (Wildman–Crippen MR) is 111 cm³/mol. The SMILES string of the molecule is CC(=O)O[C@H]1CC2=CC[C@H]3[C@@H]4CC[C@H](OC(C)=O)[C@@]4(C)CC[C@@H]3[C@@]2(C)[C@@H](S)C1. The molecule has 0 aromatic heterocycles. The highest BCUT2D eigenvalue weighted by Gasteiger charge is 2.61. The standard InChI is InChI=1S/C23H34O4S/c1-13(24)26-16-11-15-5-6-17-18-7-8-20(27-14(2)25)22(18,3)10-9-19(17)23(15,4)21(28)12-16/h5,16-21,28H,6-12H2,1-4H3/t16-,17-,18-,19-,20-,21-,22-,23-/m0/s1. The van der Waals surface area contributed by atoms with Crippen LogP contribution in [0.1, 0.15) is 72.6 Å². The summed E-state index contributed by atoms with van der Waals surface area (Å²) in [5, 5.41) is 0.208. The first-order valence-corrected chi connectivity index (χ1v) is 11.4. The molecule has 3 fully saturated rings. The van der Waals surface area contributed by atoms with Gasteiger partial charge in [-0.3, -0.25) is 9.59 Å². The van der Waals surface area contributed by atoms with Crippen molar-refractivity contribution in [2.75, 3.05) is 0 Å². The van der Waals surface area contributed by atoms with Crippen LogP contribution in [0.25, 0.3) is 0 Å². The Balaban J connectivity index is 1.60. The van der Waals surface area contributed by atoms with Crippen LogP contribution in [0.4, 0.5) is 0 Å². The third-order valence-electron chi connectivity index (χ3n) is 8.72. The highest BCUT2D eigenvalue weighted by molar-refractivity contribution is 7.81. The zero-order valence-corrected chi connectivity index (χ0v) is 18.5. The fourth-order valence-corrected chi connectivity index (χ4v) is 7.95. The number of thiol groups is 1. The number of rotatable bonds is 2. The highest BCUT2D eigenvalue weighted by atomic mass is 32.1. The van der Waals surface area contributed by atoms with Gasteiger partial charge >= 0.3 is 11.9 Å². The number of carbonyl (C=O) groups is 2. The van der Waals surface area contributed by atoms with Crippen LogP contribution < -0.4 is 0 Å². The first kappa shape index (κ1) is 20.3. The molecule has 4 aliphatic carbocycles. The van der Waals surface area contributed by atoms with E-state index in [0.29, 0.717) is 17.8 Å². The summed E-state index contributed by atoms with van der Waals surface area (Å²) in [6, 6.07) is 0. The van der Waals surface area contributed by atoms with Gasteiger partial charge in [0, 0.05) is 36.3 Å². The summed E-state index contributed by atoms with van der Waals surface area (Å²) in [5.74, 6) is 1.51. The van der Waals surface area contributed by atoms with Crippen LogP contribution in [0.2, 0.25) is 0 Å². The molecule has 0 spiro atoms. The van der Waals surface area contributed by atoms with Crippen molar-refractivity contribution in [2.45, 2.75) is 90.1 Å². The largest absolute Gasteiger partial charge is 0.462 e. The summed E-state index contributed by atoms with van der Waals surface area (Å²) in [4.78, 5) is 23.1. The fraction of sp³-hybridized carbons (Fsp3) is 0.826. The number of hydrogen-bond acceptors (Lipinski definition) is 5. The molecule has 0 saturated heterocycles. The maximum atomic E-state index is 11.6. The van der Waals surface area contributed by atoms with Crippen molar-refractivity contribution in [3.05, 3.63) is 11.6 Å². The lowest BCUT2D eigenvalue weighted by molar-refractivity contribution is -0.156. The molecule has 28 heavy (non-hydrogen) atoms. The van der Waals surface area contributed by atoms with E-state index in [1.165, 1.54) is 25.8 Å². The summed E-state index contributed by atoms with van der Waals surface area (Å²) in [5.41, 5.74) is 1.63. The molecule has 0 N–H and O–H groups in total. The van der Waals surface area contributed by atoms with Gasteiger partial charge in [-0.2, -0.15) is 12.6 Å². The van der Waals surface area contributed by atoms with E-state index < -0.39 is 0 Å². The Kier molecular flexibility index (Phi) is 5.13. The van der Waals surface area contributed by atoms with Gasteiger partial charge in [0.25, 0.3) is 0 Å². The minimum Gasteiger partial charge on any atom is -0.462 e. The van der Waals surface area contributed by atoms with E-state index in [1.54, 1.807) is 0 Å². The Hall–Kier alpha value is -0.970. The Bertz CT molecular complexity index is 703. The molecule has 0 aliphatic heterocycles. The van der Waals surface area contributed by atoms with Crippen molar-refractivity contribution >= 4 is 24.6 Å². The summed E-state index contributed by atoms with van der Waals surface area (Å²) in [7, 11) is 0.